The van der Waals surface area contributed by atoms with Crippen LogP contribution in [0.2, 0.25) is 10.0 Å². The van der Waals surface area contributed by atoms with Crippen molar-refractivity contribution in [1.29, 1.82) is 0 Å². The highest BCUT2D eigenvalue weighted by atomic mass is 35.5. The van der Waals surface area contributed by atoms with Crippen molar-refractivity contribution >= 4 is 50.5 Å². The zero-order valence-corrected chi connectivity index (χ0v) is 18.2. The average Bonchev–Trinajstić information content (AvgIpc) is 2.70. The lowest BCUT2D eigenvalue weighted by molar-refractivity contribution is 0.102. The van der Waals surface area contributed by atoms with Crippen LogP contribution in [-0.2, 0) is 10.0 Å². The van der Waals surface area contributed by atoms with Gasteiger partial charge in [0.05, 0.1) is 22.1 Å². The molecule has 0 atom stereocenters. The van der Waals surface area contributed by atoms with Gasteiger partial charge < -0.3 is 10.1 Å². The monoisotopic (exact) mass is 464 g/mol. The average molecular weight is 465 g/mol. The number of nitrogens with one attached hydrogen (secondary N) is 2. The molecular formula is C21H18Cl2N2O4S. The highest BCUT2D eigenvalue weighted by Crippen LogP contribution is 2.23. The Labute approximate surface area is 184 Å². The molecule has 6 nitrogen and oxygen atoms in total. The Bertz CT molecular complexity index is 1150. The Morgan fingerprint density at radius 1 is 0.933 bits per heavy atom. The Morgan fingerprint density at radius 2 is 1.57 bits per heavy atom. The molecule has 0 heterocycles. The fraction of sp³-hybridized carbons (Fsp3) is 0.0952. The molecule has 30 heavy (non-hydrogen) atoms. The van der Waals surface area contributed by atoms with Crippen LogP contribution in [0.15, 0.2) is 71.6 Å². The third-order valence-electron chi connectivity index (χ3n) is 4.02. The van der Waals surface area contributed by atoms with Gasteiger partial charge in [-0.2, -0.15) is 0 Å². The summed E-state index contributed by atoms with van der Waals surface area (Å²) in [6.45, 7) is 2.39. The quantitative estimate of drug-likeness (QED) is 0.486. The van der Waals surface area contributed by atoms with E-state index in [2.05, 4.69) is 10.0 Å². The first-order chi connectivity index (χ1) is 14.3. The van der Waals surface area contributed by atoms with E-state index in [4.69, 9.17) is 27.9 Å². The summed E-state index contributed by atoms with van der Waals surface area (Å²) in [5.41, 5.74) is 1.09. The Morgan fingerprint density at radius 3 is 2.17 bits per heavy atom. The van der Waals surface area contributed by atoms with Crippen LogP contribution in [0.4, 0.5) is 11.4 Å². The number of ether oxygens (including phenoxy) is 1. The number of hydrogen-bond donors (Lipinski definition) is 2. The molecule has 3 rings (SSSR count). The van der Waals surface area contributed by atoms with E-state index >= 15 is 0 Å². The summed E-state index contributed by atoms with van der Waals surface area (Å²) in [5.74, 6) is 0.223. The van der Waals surface area contributed by atoms with Gasteiger partial charge in [-0.1, -0.05) is 23.2 Å². The van der Waals surface area contributed by atoms with Crippen LogP contribution >= 0.6 is 23.2 Å². The van der Waals surface area contributed by atoms with E-state index in [-0.39, 0.29) is 15.5 Å². The molecule has 0 bridgehead atoms. The second-order valence-corrected chi connectivity index (χ2v) is 8.69. The lowest BCUT2D eigenvalue weighted by Gasteiger charge is -2.11. The van der Waals surface area contributed by atoms with Crippen LogP contribution in [0.3, 0.4) is 0 Å². The van der Waals surface area contributed by atoms with Gasteiger partial charge in [0.2, 0.25) is 0 Å². The van der Waals surface area contributed by atoms with Gasteiger partial charge in [-0.25, -0.2) is 8.42 Å². The van der Waals surface area contributed by atoms with Gasteiger partial charge in [0.1, 0.15) is 5.75 Å². The zero-order chi connectivity index (χ0) is 21.7. The predicted octanol–water partition coefficient (Wildman–Crippen LogP) is 5.45. The van der Waals surface area contributed by atoms with Gasteiger partial charge in [0.15, 0.2) is 0 Å². The number of rotatable bonds is 7. The number of carbonyl (C=O) groups excluding carboxylic acids is 1. The summed E-state index contributed by atoms with van der Waals surface area (Å²) < 4.78 is 33.0. The summed E-state index contributed by atoms with van der Waals surface area (Å²) in [6, 6.07) is 16.9. The molecule has 0 aliphatic carbocycles. The summed E-state index contributed by atoms with van der Waals surface area (Å²) in [4.78, 5) is 12.4. The van der Waals surface area contributed by atoms with Crippen LogP contribution in [0.5, 0.6) is 5.75 Å². The number of anilines is 2. The molecule has 2 N–H and O–H groups in total. The van der Waals surface area contributed by atoms with Crippen molar-refractivity contribution in [2.45, 2.75) is 11.8 Å². The highest BCUT2D eigenvalue weighted by Gasteiger charge is 2.15. The van der Waals surface area contributed by atoms with E-state index in [1.807, 2.05) is 6.92 Å². The van der Waals surface area contributed by atoms with Gasteiger partial charge in [0.25, 0.3) is 15.9 Å². The van der Waals surface area contributed by atoms with E-state index in [1.54, 1.807) is 30.3 Å². The number of carbonyl (C=O) groups is 1. The van der Waals surface area contributed by atoms with E-state index in [1.165, 1.54) is 36.4 Å². The molecule has 0 saturated carbocycles. The van der Waals surface area contributed by atoms with Gasteiger partial charge in [-0.05, 0) is 73.7 Å². The number of hydrogen-bond acceptors (Lipinski definition) is 4. The summed E-state index contributed by atoms with van der Waals surface area (Å²) in [5, 5.41) is 3.31. The minimum Gasteiger partial charge on any atom is -0.494 e. The molecule has 9 heteroatoms. The molecule has 0 aliphatic rings. The number of sulfonamides is 1. The summed E-state index contributed by atoms with van der Waals surface area (Å²) >= 11 is 11.9. The van der Waals surface area contributed by atoms with Gasteiger partial charge in [0, 0.05) is 16.4 Å². The Kier molecular flexibility index (Phi) is 6.87. The van der Waals surface area contributed by atoms with Crippen LogP contribution in [-0.4, -0.2) is 20.9 Å². The molecule has 1 amide bonds. The molecule has 3 aromatic rings. The van der Waals surface area contributed by atoms with E-state index < -0.39 is 15.9 Å². The second kappa shape index (κ2) is 9.38. The minimum atomic E-state index is -3.79. The van der Waals surface area contributed by atoms with Crippen LogP contribution in [0.25, 0.3) is 0 Å². The van der Waals surface area contributed by atoms with Crippen molar-refractivity contribution in [2.75, 3.05) is 16.6 Å². The molecule has 3 aromatic carbocycles. The van der Waals surface area contributed by atoms with E-state index in [0.29, 0.717) is 28.8 Å². The van der Waals surface area contributed by atoms with E-state index in [9.17, 15) is 13.2 Å². The van der Waals surface area contributed by atoms with Gasteiger partial charge in [-0.3, -0.25) is 9.52 Å². The van der Waals surface area contributed by atoms with Crippen molar-refractivity contribution < 1.29 is 17.9 Å². The topological polar surface area (TPSA) is 84.5 Å². The molecule has 0 fully saturated rings. The van der Waals surface area contributed by atoms with Crippen molar-refractivity contribution in [3.63, 3.8) is 0 Å². The molecular weight excluding hydrogens is 447 g/mol. The Hall–Kier alpha value is -2.74. The Balaban J connectivity index is 1.70. The molecule has 0 aromatic heterocycles. The van der Waals surface area contributed by atoms with Crippen LogP contribution < -0.4 is 14.8 Å². The molecule has 0 radical (unpaired) electrons. The molecule has 156 valence electrons. The maximum Gasteiger partial charge on any atom is 0.261 e. The SMILES string of the molecule is CCOc1ccc(NS(=O)(=O)c2ccc(NC(=O)c3ccc(Cl)cc3Cl)cc2)cc1. The number of amides is 1. The first-order valence-electron chi connectivity index (χ1n) is 8.90. The first-order valence-corrected chi connectivity index (χ1v) is 11.1. The number of benzene rings is 3. The minimum absolute atomic E-state index is 0.0545. The largest absolute Gasteiger partial charge is 0.494 e. The highest BCUT2D eigenvalue weighted by molar-refractivity contribution is 7.92. The van der Waals surface area contributed by atoms with Gasteiger partial charge in [-0.15, -0.1) is 0 Å². The van der Waals surface area contributed by atoms with Crippen LogP contribution in [0.1, 0.15) is 17.3 Å². The first kappa shape index (κ1) is 22.0. The predicted molar refractivity (Wildman–Crippen MR) is 119 cm³/mol. The van der Waals surface area contributed by atoms with Crippen molar-refractivity contribution in [3.05, 3.63) is 82.3 Å². The summed E-state index contributed by atoms with van der Waals surface area (Å²) in [7, 11) is -3.79. The van der Waals surface area contributed by atoms with Crippen LogP contribution in [0, 0.1) is 0 Å². The smallest absolute Gasteiger partial charge is 0.261 e. The molecule has 0 saturated heterocycles. The van der Waals surface area contributed by atoms with Crippen molar-refractivity contribution in [2.24, 2.45) is 0 Å². The van der Waals surface area contributed by atoms with Gasteiger partial charge >= 0.3 is 0 Å². The maximum absolute atomic E-state index is 12.6. The standard InChI is InChI=1S/C21H18Cl2N2O4S/c1-2-29-17-8-4-16(5-9-17)25-30(27,28)18-10-6-15(7-11-18)24-21(26)19-12-3-14(22)13-20(19)23/h3-13,25H,2H2,1H3,(H,24,26). The molecule has 0 spiro atoms. The second-order valence-electron chi connectivity index (χ2n) is 6.17. The third-order valence-corrected chi connectivity index (χ3v) is 5.96. The van der Waals surface area contributed by atoms with Crippen molar-refractivity contribution in [3.8, 4) is 5.75 Å². The molecule has 0 aliphatic heterocycles. The molecule has 0 unspecified atom stereocenters. The maximum atomic E-state index is 12.6. The van der Waals surface area contributed by atoms with E-state index in [0.717, 1.165) is 0 Å². The number of halogens is 2. The lowest BCUT2D eigenvalue weighted by atomic mass is 10.2. The fourth-order valence-corrected chi connectivity index (χ4v) is 4.14. The normalized spacial score (nSPS) is 11.0. The lowest BCUT2D eigenvalue weighted by Crippen LogP contribution is -2.14. The fourth-order valence-electron chi connectivity index (χ4n) is 2.59. The third kappa shape index (κ3) is 5.44. The summed E-state index contributed by atoms with van der Waals surface area (Å²) in [6.07, 6.45) is 0. The zero-order valence-electron chi connectivity index (χ0n) is 15.9. The van der Waals surface area contributed by atoms with Crippen molar-refractivity contribution in [1.82, 2.24) is 0 Å².